The molecule has 2 heterocycles. The Labute approximate surface area is 208 Å². The summed E-state index contributed by atoms with van der Waals surface area (Å²) in [5.41, 5.74) is 4.08. The number of nitrogens with one attached hydrogen (secondary N) is 2. The summed E-state index contributed by atoms with van der Waals surface area (Å²) >= 11 is 0. The van der Waals surface area contributed by atoms with Gasteiger partial charge in [0.05, 0.1) is 5.41 Å². The van der Waals surface area contributed by atoms with Gasteiger partial charge in [0, 0.05) is 36.0 Å². The SMILES string of the molecule is CCC(=O)N(CC(=O)Nc1ccc2c(c1)CC1(C2)C(=O)Nc2ncccc21)Cc1ccccc1C=O. The summed E-state index contributed by atoms with van der Waals surface area (Å²) in [7, 11) is 0. The second kappa shape index (κ2) is 9.37. The summed E-state index contributed by atoms with van der Waals surface area (Å²) in [6.07, 6.45) is 3.77. The van der Waals surface area contributed by atoms with Gasteiger partial charge in [-0.3, -0.25) is 19.2 Å². The molecular weight excluding hydrogens is 456 g/mol. The predicted molar refractivity (Wildman–Crippen MR) is 135 cm³/mol. The molecular formula is C28H26N4O4. The molecule has 0 bridgehead atoms. The minimum Gasteiger partial charge on any atom is -0.329 e. The number of benzene rings is 2. The molecule has 8 nitrogen and oxygen atoms in total. The number of aromatic nitrogens is 1. The lowest BCUT2D eigenvalue weighted by molar-refractivity contribution is -0.135. The molecule has 1 aliphatic carbocycles. The third-order valence-electron chi connectivity index (χ3n) is 7.00. The van der Waals surface area contributed by atoms with Crippen molar-refractivity contribution in [1.29, 1.82) is 0 Å². The number of rotatable bonds is 7. The first-order valence-corrected chi connectivity index (χ1v) is 11.9. The van der Waals surface area contributed by atoms with E-state index in [0.717, 1.165) is 23.0 Å². The third kappa shape index (κ3) is 4.15. The van der Waals surface area contributed by atoms with E-state index >= 15 is 0 Å². The lowest BCUT2D eigenvalue weighted by Gasteiger charge is -2.22. The maximum Gasteiger partial charge on any atom is 0.244 e. The van der Waals surface area contributed by atoms with Crippen molar-refractivity contribution in [1.82, 2.24) is 9.88 Å². The lowest BCUT2D eigenvalue weighted by atomic mass is 9.79. The Balaban J connectivity index is 1.31. The Kier molecular flexibility index (Phi) is 6.10. The van der Waals surface area contributed by atoms with Crippen LogP contribution in [-0.2, 0) is 39.2 Å². The molecule has 0 saturated heterocycles. The van der Waals surface area contributed by atoms with Crippen molar-refractivity contribution >= 4 is 35.5 Å². The first kappa shape index (κ1) is 23.4. The quantitative estimate of drug-likeness (QED) is 0.503. The normalized spacial score (nSPS) is 17.3. The van der Waals surface area contributed by atoms with Crippen LogP contribution in [0, 0.1) is 0 Å². The highest BCUT2D eigenvalue weighted by Gasteiger charge is 2.51. The van der Waals surface area contributed by atoms with Crippen molar-refractivity contribution in [2.75, 3.05) is 17.2 Å². The van der Waals surface area contributed by atoms with Crippen LogP contribution < -0.4 is 10.6 Å². The van der Waals surface area contributed by atoms with Gasteiger partial charge in [-0.25, -0.2) is 4.98 Å². The van der Waals surface area contributed by atoms with Crippen LogP contribution in [0.2, 0.25) is 0 Å². The van der Waals surface area contributed by atoms with E-state index in [1.165, 1.54) is 4.90 Å². The highest BCUT2D eigenvalue weighted by molar-refractivity contribution is 6.06. The van der Waals surface area contributed by atoms with E-state index < -0.39 is 5.41 Å². The van der Waals surface area contributed by atoms with Crippen LogP contribution in [0.15, 0.2) is 60.8 Å². The summed E-state index contributed by atoms with van der Waals surface area (Å²) in [4.78, 5) is 55.5. The number of pyridine rings is 1. The van der Waals surface area contributed by atoms with Crippen LogP contribution in [0.3, 0.4) is 0 Å². The van der Waals surface area contributed by atoms with Crippen molar-refractivity contribution in [3.63, 3.8) is 0 Å². The average Bonchev–Trinajstić information content (AvgIpc) is 3.40. The zero-order chi connectivity index (χ0) is 25.3. The van der Waals surface area contributed by atoms with Crippen LogP contribution in [0.25, 0.3) is 0 Å². The van der Waals surface area contributed by atoms with E-state index in [2.05, 4.69) is 15.6 Å². The third-order valence-corrected chi connectivity index (χ3v) is 7.00. The molecule has 1 atom stereocenters. The van der Waals surface area contributed by atoms with Crippen LogP contribution in [-0.4, -0.2) is 40.4 Å². The molecule has 0 fully saturated rings. The molecule has 1 spiro atoms. The average molecular weight is 483 g/mol. The maximum absolute atomic E-state index is 12.9. The van der Waals surface area contributed by atoms with Gasteiger partial charge in [-0.15, -0.1) is 0 Å². The van der Waals surface area contributed by atoms with E-state index in [1.807, 2.05) is 30.3 Å². The first-order chi connectivity index (χ1) is 17.4. The molecule has 3 aromatic rings. The molecule has 1 unspecified atom stereocenters. The molecule has 0 saturated carbocycles. The van der Waals surface area contributed by atoms with E-state index in [9.17, 15) is 19.2 Å². The fourth-order valence-corrected chi connectivity index (χ4v) is 5.17. The standard InChI is InChI=1S/C28H26N4O4/c1-2-25(35)32(15-19-6-3-4-7-20(19)17-33)16-24(34)30-22-10-9-18-13-28(14-21(18)12-22)23-8-5-11-29-26(23)31-27(28)36/h3-12,17H,2,13-16H2,1H3,(H,30,34)(H,29,31,36). The zero-order valence-corrected chi connectivity index (χ0v) is 19.9. The Morgan fingerprint density at radius 2 is 1.92 bits per heavy atom. The molecule has 36 heavy (non-hydrogen) atoms. The topological polar surface area (TPSA) is 108 Å². The zero-order valence-electron chi connectivity index (χ0n) is 19.9. The van der Waals surface area contributed by atoms with Crippen LogP contribution >= 0.6 is 0 Å². The second-order valence-electron chi connectivity index (χ2n) is 9.24. The van der Waals surface area contributed by atoms with Crippen molar-refractivity contribution in [2.45, 2.75) is 38.1 Å². The van der Waals surface area contributed by atoms with Gasteiger partial charge in [0.1, 0.15) is 18.6 Å². The fraction of sp³-hybridized carbons (Fsp3) is 0.250. The highest BCUT2D eigenvalue weighted by Crippen LogP contribution is 2.46. The van der Waals surface area contributed by atoms with Gasteiger partial charge in [0.2, 0.25) is 17.7 Å². The van der Waals surface area contributed by atoms with Gasteiger partial charge in [-0.2, -0.15) is 0 Å². The summed E-state index contributed by atoms with van der Waals surface area (Å²) in [6, 6.07) is 16.5. The minimum atomic E-state index is -0.676. The molecule has 1 aromatic heterocycles. The van der Waals surface area contributed by atoms with E-state index in [-0.39, 0.29) is 37.2 Å². The summed E-state index contributed by atoms with van der Waals surface area (Å²) in [5.74, 6) is 0.0467. The molecule has 182 valence electrons. The Morgan fingerprint density at radius 1 is 1.11 bits per heavy atom. The molecule has 1 aliphatic heterocycles. The van der Waals surface area contributed by atoms with Crippen LogP contribution in [0.1, 0.15) is 46.0 Å². The van der Waals surface area contributed by atoms with Gasteiger partial charge in [-0.05, 0) is 47.7 Å². The molecule has 3 amide bonds. The first-order valence-electron chi connectivity index (χ1n) is 11.9. The van der Waals surface area contributed by atoms with E-state index in [0.29, 0.717) is 35.5 Å². The Hall–Kier alpha value is -4.33. The van der Waals surface area contributed by atoms with Gasteiger partial charge in [0.15, 0.2) is 0 Å². The second-order valence-corrected chi connectivity index (χ2v) is 9.24. The van der Waals surface area contributed by atoms with Crippen LogP contribution in [0.5, 0.6) is 0 Å². The number of hydrogen-bond donors (Lipinski definition) is 2. The number of anilines is 2. The smallest absolute Gasteiger partial charge is 0.244 e. The largest absolute Gasteiger partial charge is 0.329 e. The summed E-state index contributed by atoms with van der Waals surface area (Å²) < 4.78 is 0. The number of aldehydes is 1. The molecule has 8 heteroatoms. The lowest BCUT2D eigenvalue weighted by Crippen LogP contribution is -2.37. The number of carbonyl (C=O) groups is 4. The molecule has 2 aliphatic rings. The van der Waals surface area contributed by atoms with Crippen molar-refractivity contribution in [3.8, 4) is 0 Å². The monoisotopic (exact) mass is 482 g/mol. The van der Waals surface area contributed by atoms with Crippen molar-refractivity contribution in [2.24, 2.45) is 0 Å². The number of amides is 3. The van der Waals surface area contributed by atoms with Crippen LogP contribution in [0.4, 0.5) is 11.5 Å². The number of carbonyl (C=O) groups excluding carboxylic acids is 4. The molecule has 0 radical (unpaired) electrons. The highest BCUT2D eigenvalue weighted by atomic mass is 16.2. The Morgan fingerprint density at radius 3 is 2.72 bits per heavy atom. The van der Waals surface area contributed by atoms with E-state index in [4.69, 9.17) is 0 Å². The summed E-state index contributed by atoms with van der Waals surface area (Å²) in [5, 5.41) is 5.79. The predicted octanol–water partition coefficient (Wildman–Crippen LogP) is 3.26. The van der Waals surface area contributed by atoms with Gasteiger partial charge < -0.3 is 15.5 Å². The molecule has 2 aromatic carbocycles. The fourth-order valence-electron chi connectivity index (χ4n) is 5.17. The number of fused-ring (bicyclic) bond motifs is 3. The Bertz CT molecular complexity index is 1390. The van der Waals surface area contributed by atoms with Gasteiger partial charge in [0.25, 0.3) is 0 Å². The number of nitrogens with zero attached hydrogens (tertiary/aromatic N) is 2. The van der Waals surface area contributed by atoms with E-state index in [1.54, 1.807) is 37.4 Å². The molecule has 5 rings (SSSR count). The molecule has 2 N–H and O–H groups in total. The minimum absolute atomic E-state index is 0.0534. The maximum atomic E-state index is 12.9. The number of hydrogen-bond acceptors (Lipinski definition) is 5. The van der Waals surface area contributed by atoms with Gasteiger partial charge in [-0.1, -0.05) is 43.3 Å². The summed E-state index contributed by atoms with van der Waals surface area (Å²) in [6.45, 7) is 1.77. The van der Waals surface area contributed by atoms with Gasteiger partial charge >= 0.3 is 0 Å². The van der Waals surface area contributed by atoms with Crippen molar-refractivity contribution in [3.05, 3.63) is 88.6 Å². The van der Waals surface area contributed by atoms with Crippen molar-refractivity contribution < 1.29 is 19.2 Å².